The van der Waals surface area contributed by atoms with Crippen LogP contribution in [0, 0.1) is 12.3 Å². The molecule has 8 nitrogen and oxygen atoms in total. The van der Waals surface area contributed by atoms with E-state index in [1.165, 1.54) is 4.90 Å². The molecule has 0 radical (unpaired) electrons. The number of benzene rings is 1. The van der Waals surface area contributed by atoms with Gasteiger partial charge < -0.3 is 25.4 Å². The van der Waals surface area contributed by atoms with E-state index < -0.39 is 41.8 Å². The van der Waals surface area contributed by atoms with Gasteiger partial charge in [0.05, 0.1) is 6.61 Å². The first-order valence-electron chi connectivity index (χ1n) is 12.0. The molecule has 8 heteroatoms. The number of rotatable bonds is 10. The van der Waals surface area contributed by atoms with E-state index in [1.54, 1.807) is 45.0 Å². The predicted molar refractivity (Wildman–Crippen MR) is 136 cm³/mol. The topological polar surface area (TPSA) is 108 Å². The minimum Gasteiger partial charge on any atom is -0.444 e. The third-order valence-corrected chi connectivity index (χ3v) is 4.91. The second kappa shape index (κ2) is 13.1. The van der Waals surface area contributed by atoms with Crippen molar-refractivity contribution in [2.75, 3.05) is 13.2 Å². The number of nitrogens with one attached hydrogen (secondary N) is 2. The van der Waals surface area contributed by atoms with Crippen LogP contribution < -0.4 is 10.6 Å². The molecule has 0 aliphatic carbocycles. The number of aliphatic hydroxyl groups is 1. The molecule has 0 heterocycles. The van der Waals surface area contributed by atoms with Gasteiger partial charge in [0.2, 0.25) is 11.8 Å². The lowest BCUT2D eigenvalue weighted by Crippen LogP contribution is -2.55. The summed E-state index contributed by atoms with van der Waals surface area (Å²) in [4.78, 5) is 40.9. The number of amides is 3. The number of carbonyl (C=O) groups is 3. The standard InChI is InChI=1S/C27H41N3O5/c1-9-11-12-17-30(24(33)21(18-31)28-25(34)35-27(6,7)8)22(23(32)29-26(3,4)5)20-15-13-19(10-2)14-16-20/h2,13-16,21-22,31H,9,11-12,17-18H2,1,3-8H3,(H,28,34)(H,29,32). The van der Waals surface area contributed by atoms with Crippen molar-refractivity contribution in [3.05, 3.63) is 35.4 Å². The van der Waals surface area contributed by atoms with Crippen molar-refractivity contribution in [2.45, 2.75) is 91.0 Å². The van der Waals surface area contributed by atoms with Crippen LogP contribution in [-0.4, -0.2) is 58.2 Å². The summed E-state index contributed by atoms with van der Waals surface area (Å²) in [6, 6.07) is 4.60. The van der Waals surface area contributed by atoms with Crippen molar-refractivity contribution >= 4 is 17.9 Å². The van der Waals surface area contributed by atoms with Gasteiger partial charge in [-0.1, -0.05) is 37.8 Å². The average Bonchev–Trinajstić information content (AvgIpc) is 2.74. The highest BCUT2D eigenvalue weighted by atomic mass is 16.6. The van der Waals surface area contributed by atoms with Gasteiger partial charge in [0, 0.05) is 17.6 Å². The fraction of sp³-hybridized carbons (Fsp3) is 0.593. The van der Waals surface area contributed by atoms with Crippen LogP contribution in [0.15, 0.2) is 24.3 Å². The summed E-state index contributed by atoms with van der Waals surface area (Å²) < 4.78 is 5.25. The summed E-state index contributed by atoms with van der Waals surface area (Å²) in [7, 11) is 0. The highest BCUT2D eigenvalue weighted by Gasteiger charge is 2.36. The van der Waals surface area contributed by atoms with E-state index in [0.717, 1.165) is 12.8 Å². The fourth-order valence-electron chi connectivity index (χ4n) is 3.41. The van der Waals surface area contributed by atoms with Crippen molar-refractivity contribution < 1.29 is 24.2 Å². The van der Waals surface area contributed by atoms with Crippen LogP contribution in [0.1, 0.15) is 84.9 Å². The van der Waals surface area contributed by atoms with Crippen molar-refractivity contribution in [2.24, 2.45) is 0 Å². The number of nitrogens with zero attached hydrogens (tertiary/aromatic N) is 1. The summed E-state index contributed by atoms with van der Waals surface area (Å²) in [6.45, 7) is 12.3. The van der Waals surface area contributed by atoms with E-state index >= 15 is 0 Å². The predicted octanol–water partition coefficient (Wildman–Crippen LogP) is 3.53. The Labute approximate surface area is 209 Å². The minimum absolute atomic E-state index is 0.262. The first-order chi connectivity index (χ1) is 16.2. The molecule has 35 heavy (non-hydrogen) atoms. The van der Waals surface area contributed by atoms with Gasteiger partial charge >= 0.3 is 6.09 Å². The Morgan fingerprint density at radius 1 is 1.09 bits per heavy atom. The first kappa shape index (κ1) is 30.0. The van der Waals surface area contributed by atoms with Gasteiger partial charge in [0.15, 0.2) is 0 Å². The normalized spacial score (nSPS) is 13.2. The van der Waals surface area contributed by atoms with Gasteiger partial charge in [0.1, 0.15) is 17.7 Å². The largest absolute Gasteiger partial charge is 0.444 e. The Balaban J connectivity index is 3.43. The lowest BCUT2D eigenvalue weighted by Gasteiger charge is -2.35. The summed E-state index contributed by atoms with van der Waals surface area (Å²) in [6.07, 6.45) is 7.06. The summed E-state index contributed by atoms with van der Waals surface area (Å²) in [5.41, 5.74) is -0.101. The van der Waals surface area contributed by atoms with Crippen LogP contribution in [0.2, 0.25) is 0 Å². The van der Waals surface area contributed by atoms with Crippen LogP contribution in [0.4, 0.5) is 4.79 Å². The fourth-order valence-corrected chi connectivity index (χ4v) is 3.41. The van der Waals surface area contributed by atoms with Crippen molar-refractivity contribution in [3.63, 3.8) is 0 Å². The monoisotopic (exact) mass is 487 g/mol. The number of ether oxygens (including phenoxy) is 1. The molecule has 1 aromatic rings. The maximum absolute atomic E-state index is 13.7. The number of unbranched alkanes of at least 4 members (excludes halogenated alkanes) is 2. The lowest BCUT2D eigenvalue weighted by atomic mass is 9.99. The highest BCUT2D eigenvalue weighted by Crippen LogP contribution is 2.25. The van der Waals surface area contributed by atoms with Gasteiger partial charge in [-0.25, -0.2) is 4.79 Å². The number of hydrogen-bond acceptors (Lipinski definition) is 5. The molecule has 0 saturated heterocycles. The molecule has 194 valence electrons. The summed E-state index contributed by atoms with van der Waals surface area (Å²) in [5, 5.41) is 15.4. The number of alkyl carbamates (subject to hydrolysis) is 1. The van der Waals surface area contributed by atoms with E-state index in [1.807, 2.05) is 27.7 Å². The second-order valence-corrected chi connectivity index (χ2v) is 10.5. The molecular weight excluding hydrogens is 446 g/mol. The summed E-state index contributed by atoms with van der Waals surface area (Å²) >= 11 is 0. The molecule has 3 N–H and O–H groups in total. The number of terminal acetylenes is 1. The number of carbonyl (C=O) groups excluding carboxylic acids is 3. The van der Waals surface area contributed by atoms with Crippen LogP contribution in [-0.2, 0) is 14.3 Å². The molecule has 0 saturated carbocycles. The number of hydrogen-bond donors (Lipinski definition) is 3. The van der Waals surface area contributed by atoms with E-state index in [2.05, 4.69) is 16.6 Å². The Morgan fingerprint density at radius 3 is 2.14 bits per heavy atom. The Hall–Kier alpha value is -3.05. The molecule has 1 rings (SSSR count). The second-order valence-electron chi connectivity index (χ2n) is 10.5. The zero-order valence-corrected chi connectivity index (χ0v) is 22.1. The quantitative estimate of drug-likeness (QED) is 0.346. The maximum Gasteiger partial charge on any atom is 0.408 e. The smallest absolute Gasteiger partial charge is 0.408 e. The van der Waals surface area contributed by atoms with Crippen LogP contribution >= 0.6 is 0 Å². The molecule has 1 aromatic carbocycles. The van der Waals surface area contributed by atoms with E-state index in [4.69, 9.17) is 11.2 Å². The minimum atomic E-state index is -1.28. The molecule has 0 bridgehead atoms. The van der Waals surface area contributed by atoms with Gasteiger partial charge in [-0.05, 0) is 65.7 Å². The first-order valence-corrected chi connectivity index (χ1v) is 12.0. The number of aliphatic hydroxyl groups excluding tert-OH is 1. The lowest BCUT2D eigenvalue weighted by molar-refractivity contribution is -0.144. The van der Waals surface area contributed by atoms with Gasteiger partial charge in [-0.15, -0.1) is 6.42 Å². The molecule has 0 aliphatic heterocycles. The van der Waals surface area contributed by atoms with Crippen molar-refractivity contribution in [3.8, 4) is 12.3 Å². The van der Waals surface area contributed by atoms with Gasteiger partial charge in [-0.2, -0.15) is 0 Å². The third kappa shape index (κ3) is 10.4. The Bertz CT molecular complexity index is 891. The molecular formula is C27H41N3O5. The van der Waals surface area contributed by atoms with Crippen molar-refractivity contribution in [1.29, 1.82) is 0 Å². The zero-order chi connectivity index (χ0) is 26.8. The molecule has 0 aromatic heterocycles. The van der Waals surface area contributed by atoms with E-state index in [0.29, 0.717) is 17.5 Å². The molecule has 0 fully saturated rings. The van der Waals surface area contributed by atoms with Crippen LogP contribution in [0.3, 0.4) is 0 Å². The molecule has 2 atom stereocenters. The Morgan fingerprint density at radius 2 is 1.69 bits per heavy atom. The Kier molecular flexibility index (Phi) is 11.3. The van der Waals surface area contributed by atoms with Gasteiger partial charge in [0.25, 0.3) is 0 Å². The zero-order valence-electron chi connectivity index (χ0n) is 22.1. The molecule has 2 unspecified atom stereocenters. The summed E-state index contributed by atoms with van der Waals surface area (Å²) in [5.74, 6) is 1.60. The molecule has 0 aliphatic rings. The third-order valence-electron chi connectivity index (χ3n) is 4.91. The average molecular weight is 488 g/mol. The van der Waals surface area contributed by atoms with Crippen LogP contribution in [0.25, 0.3) is 0 Å². The SMILES string of the molecule is C#Cc1ccc(C(C(=O)NC(C)(C)C)N(CCCCC)C(=O)C(CO)NC(=O)OC(C)(C)C)cc1. The molecule has 0 spiro atoms. The highest BCUT2D eigenvalue weighted by molar-refractivity contribution is 5.92. The van der Waals surface area contributed by atoms with E-state index in [-0.39, 0.29) is 12.5 Å². The van der Waals surface area contributed by atoms with Crippen LogP contribution in [0.5, 0.6) is 0 Å². The van der Waals surface area contributed by atoms with Gasteiger partial charge in [-0.3, -0.25) is 9.59 Å². The van der Waals surface area contributed by atoms with E-state index in [9.17, 15) is 19.5 Å². The maximum atomic E-state index is 13.7. The van der Waals surface area contributed by atoms with Crippen molar-refractivity contribution in [1.82, 2.24) is 15.5 Å². The molecule has 3 amide bonds.